The molecule has 0 N–H and O–H groups in total. The number of ether oxygens (including phenoxy) is 10. The van der Waals surface area contributed by atoms with Gasteiger partial charge in [-0.15, -0.1) is 0 Å². The van der Waals surface area contributed by atoms with Gasteiger partial charge in [0.2, 0.25) is 0 Å². The van der Waals surface area contributed by atoms with E-state index in [0.717, 1.165) is 10.8 Å². The lowest BCUT2D eigenvalue weighted by Crippen LogP contribution is -2.15. The van der Waals surface area contributed by atoms with Crippen molar-refractivity contribution in [3.05, 3.63) is 60.7 Å². The van der Waals surface area contributed by atoms with E-state index in [1.165, 1.54) is 0 Å². The van der Waals surface area contributed by atoms with Gasteiger partial charge in [0, 0.05) is 0 Å². The predicted molar refractivity (Wildman–Crippen MR) is 157 cm³/mol. The maximum absolute atomic E-state index is 6.01. The van der Waals surface area contributed by atoms with Crippen LogP contribution in [0.5, 0.6) is 23.0 Å². The van der Waals surface area contributed by atoms with Crippen molar-refractivity contribution in [3.63, 3.8) is 0 Å². The average Bonchev–Trinajstić information content (AvgIpc) is 3.01. The van der Waals surface area contributed by atoms with E-state index in [0.29, 0.717) is 129 Å². The van der Waals surface area contributed by atoms with Gasteiger partial charge >= 0.3 is 0 Å². The minimum atomic E-state index is 0.392. The van der Waals surface area contributed by atoms with Crippen LogP contribution in [0.3, 0.4) is 0 Å². The zero-order valence-corrected chi connectivity index (χ0v) is 24.2. The number of hydrogen-bond acceptors (Lipinski definition) is 10. The van der Waals surface area contributed by atoms with Crippen LogP contribution in [0.4, 0.5) is 0 Å². The summed E-state index contributed by atoms with van der Waals surface area (Å²) >= 11 is 0. The first-order valence-electron chi connectivity index (χ1n) is 14.5. The van der Waals surface area contributed by atoms with Crippen molar-refractivity contribution in [1.29, 1.82) is 0 Å². The fraction of sp³-hybridized carbons (Fsp3) is 0.500. The maximum atomic E-state index is 6.01. The summed E-state index contributed by atoms with van der Waals surface area (Å²) in [5, 5.41) is 2.16. The Kier molecular flexibility index (Phi) is 15.1. The molecule has 0 atom stereocenters. The van der Waals surface area contributed by atoms with E-state index in [4.69, 9.17) is 47.4 Å². The highest BCUT2D eigenvalue weighted by molar-refractivity contribution is 5.86. The van der Waals surface area contributed by atoms with Gasteiger partial charge in [-0.1, -0.05) is 36.4 Å². The van der Waals surface area contributed by atoms with Crippen molar-refractivity contribution >= 4 is 10.8 Å². The first-order chi connectivity index (χ1) is 20.9. The topological polar surface area (TPSA) is 92.3 Å². The third-order valence-electron chi connectivity index (χ3n) is 6.09. The van der Waals surface area contributed by atoms with Crippen LogP contribution in [-0.4, -0.2) is 106 Å². The molecule has 1 heterocycles. The minimum absolute atomic E-state index is 0.392. The molecule has 0 bridgehead atoms. The third kappa shape index (κ3) is 12.0. The van der Waals surface area contributed by atoms with E-state index >= 15 is 0 Å². The molecule has 10 nitrogen and oxygen atoms in total. The van der Waals surface area contributed by atoms with E-state index in [1.807, 2.05) is 60.7 Å². The first-order valence-corrected chi connectivity index (χ1v) is 14.5. The molecular weight excluding hydrogens is 544 g/mol. The second-order valence-corrected chi connectivity index (χ2v) is 9.16. The summed E-state index contributed by atoms with van der Waals surface area (Å²) in [6.07, 6.45) is 0. The lowest BCUT2D eigenvalue weighted by molar-refractivity contribution is 0.00250. The zero-order valence-electron chi connectivity index (χ0n) is 24.2. The normalized spacial score (nSPS) is 18.6. The van der Waals surface area contributed by atoms with Crippen LogP contribution in [0.1, 0.15) is 0 Å². The Labute approximate surface area is 247 Å². The second kappa shape index (κ2) is 19.9. The van der Waals surface area contributed by atoms with Crippen molar-refractivity contribution in [1.82, 2.24) is 0 Å². The highest BCUT2D eigenvalue weighted by atomic mass is 16.6. The number of fused-ring (bicyclic) bond motifs is 3. The molecule has 0 aliphatic carbocycles. The number of benzene rings is 3. The molecule has 1 aliphatic rings. The average molecular weight is 587 g/mol. The highest BCUT2D eigenvalue weighted by Crippen LogP contribution is 2.32. The number of rotatable bonds is 0. The van der Waals surface area contributed by atoms with Crippen molar-refractivity contribution in [2.45, 2.75) is 0 Å². The summed E-state index contributed by atoms with van der Waals surface area (Å²) in [6.45, 7) is 7.15. The Morgan fingerprint density at radius 1 is 0.286 bits per heavy atom. The van der Waals surface area contributed by atoms with Crippen molar-refractivity contribution in [2.24, 2.45) is 0 Å². The molecule has 0 saturated heterocycles. The Morgan fingerprint density at radius 3 is 0.881 bits per heavy atom. The SMILES string of the molecule is c1ccc2c(c1)OCCOCCOCCOCCOc1cc3ccccc3cc1OCCOCCOCCOCCO2. The van der Waals surface area contributed by atoms with Gasteiger partial charge < -0.3 is 47.4 Å². The molecule has 0 saturated carbocycles. The molecular formula is C32H42O10. The van der Waals surface area contributed by atoms with Crippen molar-refractivity contribution in [3.8, 4) is 23.0 Å². The molecule has 0 aromatic heterocycles. The van der Waals surface area contributed by atoms with Gasteiger partial charge in [0.25, 0.3) is 0 Å². The molecule has 42 heavy (non-hydrogen) atoms. The van der Waals surface area contributed by atoms with Crippen LogP contribution in [0.15, 0.2) is 60.7 Å². The molecule has 3 aromatic rings. The second-order valence-electron chi connectivity index (χ2n) is 9.16. The fourth-order valence-corrected chi connectivity index (χ4v) is 4.04. The molecule has 4 rings (SSSR count). The van der Waals surface area contributed by atoms with Crippen LogP contribution < -0.4 is 18.9 Å². The lowest BCUT2D eigenvalue weighted by Gasteiger charge is -2.15. The van der Waals surface area contributed by atoms with Gasteiger partial charge in [0.1, 0.15) is 26.4 Å². The van der Waals surface area contributed by atoms with Crippen LogP contribution in [0.25, 0.3) is 10.8 Å². The molecule has 3 aromatic carbocycles. The molecule has 0 unspecified atom stereocenters. The van der Waals surface area contributed by atoms with Crippen LogP contribution in [0.2, 0.25) is 0 Å². The predicted octanol–water partition coefficient (Wildman–Crippen LogP) is 4.17. The van der Waals surface area contributed by atoms with Crippen molar-refractivity contribution in [2.75, 3.05) is 106 Å². The van der Waals surface area contributed by atoms with Crippen LogP contribution >= 0.6 is 0 Å². The van der Waals surface area contributed by atoms with Gasteiger partial charge in [-0.3, -0.25) is 0 Å². The van der Waals surface area contributed by atoms with Gasteiger partial charge in [0.05, 0.1) is 79.3 Å². The lowest BCUT2D eigenvalue weighted by atomic mass is 10.1. The van der Waals surface area contributed by atoms with E-state index in [1.54, 1.807) is 0 Å². The van der Waals surface area contributed by atoms with Gasteiger partial charge in [-0.05, 0) is 35.0 Å². The molecule has 0 radical (unpaired) electrons. The Balaban J connectivity index is 1.22. The third-order valence-corrected chi connectivity index (χ3v) is 6.09. The molecule has 230 valence electrons. The summed E-state index contributed by atoms with van der Waals surface area (Å²) in [5.41, 5.74) is 0. The standard InChI is InChI=1S/C32H42O10/c1-2-6-28-26-32-31(25-27(28)5-1)41-23-19-37-15-11-33-9-13-35-17-21-39-29-7-3-4-8-30(29)40-22-18-36-14-10-34-12-16-38-20-24-42-32/h1-8,25-26H,9-24H2. The number of para-hydroxylation sites is 2. The van der Waals surface area contributed by atoms with E-state index in [-0.39, 0.29) is 0 Å². The van der Waals surface area contributed by atoms with Crippen LogP contribution in [-0.2, 0) is 28.4 Å². The highest BCUT2D eigenvalue weighted by Gasteiger charge is 2.09. The fourth-order valence-electron chi connectivity index (χ4n) is 4.04. The molecule has 1 aliphatic heterocycles. The first kappa shape index (κ1) is 31.8. The Hall–Kier alpha value is -3.12. The van der Waals surface area contributed by atoms with E-state index < -0.39 is 0 Å². The van der Waals surface area contributed by atoms with Gasteiger partial charge in [-0.2, -0.15) is 0 Å². The van der Waals surface area contributed by atoms with Crippen molar-refractivity contribution < 1.29 is 47.4 Å². The summed E-state index contributed by atoms with van der Waals surface area (Å²) in [6, 6.07) is 19.6. The minimum Gasteiger partial charge on any atom is -0.487 e. The molecule has 10 heteroatoms. The largest absolute Gasteiger partial charge is 0.487 e. The quantitative estimate of drug-likeness (QED) is 0.382. The Morgan fingerprint density at radius 2 is 0.548 bits per heavy atom. The van der Waals surface area contributed by atoms with E-state index in [9.17, 15) is 0 Å². The van der Waals surface area contributed by atoms with Crippen LogP contribution in [0, 0.1) is 0 Å². The Bertz CT molecular complexity index is 1050. The number of hydrogen-bond donors (Lipinski definition) is 0. The summed E-state index contributed by atoms with van der Waals surface area (Å²) < 4.78 is 57.4. The molecule has 0 amide bonds. The maximum Gasteiger partial charge on any atom is 0.161 e. The summed E-state index contributed by atoms with van der Waals surface area (Å²) in [5.74, 6) is 2.69. The summed E-state index contributed by atoms with van der Waals surface area (Å²) in [7, 11) is 0. The monoisotopic (exact) mass is 586 g/mol. The summed E-state index contributed by atoms with van der Waals surface area (Å²) in [4.78, 5) is 0. The smallest absolute Gasteiger partial charge is 0.161 e. The molecule has 0 spiro atoms. The van der Waals surface area contributed by atoms with Gasteiger partial charge in [-0.25, -0.2) is 0 Å². The zero-order chi connectivity index (χ0) is 28.9. The van der Waals surface area contributed by atoms with Gasteiger partial charge in [0.15, 0.2) is 23.0 Å². The van der Waals surface area contributed by atoms with E-state index in [2.05, 4.69) is 0 Å². The molecule has 0 fully saturated rings.